The molecule has 0 bridgehead atoms. The van der Waals surface area contributed by atoms with E-state index in [4.69, 9.17) is 14.5 Å². The molecule has 5 rings (SSSR count). The van der Waals surface area contributed by atoms with E-state index in [0.717, 1.165) is 28.8 Å². The number of anilines is 2. The highest BCUT2D eigenvalue weighted by molar-refractivity contribution is 6.05. The lowest BCUT2D eigenvalue weighted by Gasteiger charge is -2.28. The molecule has 0 spiro atoms. The van der Waals surface area contributed by atoms with E-state index in [-0.39, 0.29) is 22.7 Å². The second-order valence-corrected chi connectivity index (χ2v) is 11.1. The molecule has 2 aromatic carbocycles. The zero-order valence-electron chi connectivity index (χ0n) is 24.0. The molecule has 0 saturated heterocycles. The molecule has 0 atom stereocenters. The number of allylic oxidation sites excluding steroid dienone is 4. The van der Waals surface area contributed by atoms with Gasteiger partial charge in [-0.05, 0) is 60.6 Å². The number of nitrogens with zero attached hydrogens (tertiary/aromatic N) is 3. The number of ether oxygens (including phenoxy) is 2. The first kappa shape index (κ1) is 27.7. The van der Waals surface area contributed by atoms with Gasteiger partial charge >= 0.3 is 0 Å². The second-order valence-electron chi connectivity index (χ2n) is 11.1. The van der Waals surface area contributed by atoms with Crippen molar-refractivity contribution in [1.29, 1.82) is 0 Å². The molecule has 2 heterocycles. The fraction of sp³-hybridized carbons (Fsp3) is 0.242. The Morgan fingerprint density at radius 2 is 1.88 bits per heavy atom. The van der Waals surface area contributed by atoms with Crippen LogP contribution in [0.15, 0.2) is 102 Å². The molecule has 8 heteroatoms. The molecule has 2 aliphatic rings. The minimum absolute atomic E-state index is 0.00470. The number of aromatic nitrogens is 2. The Balaban J connectivity index is 1.51. The van der Waals surface area contributed by atoms with E-state index in [1.54, 1.807) is 18.1 Å². The van der Waals surface area contributed by atoms with Gasteiger partial charge in [-0.2, -0.15) is 0 Å². The first-order chi connectivity index (χ1) is 19.6. The maximum absolute atomic E-state index is 13.4. The minimum Gasteiger partial charge on any atom is -0.464 e. The van der Waals surface area contributed by atoms with Crippen molar-refractivity contribution in [2.24, 2.45) is 7.05 Å². The molecular formula is C33H34N4O4. The molecule has 0 saturated carbocycles. The Labute approximate surface area is 239 Å². The van der Waals surface area contributed by atoms with E-state index in [1.807, 2.05) is 61.5 Å². The van der Waals surface area contributed by atoms with Crippen molar-refractivity contribution in [3.8, 4) is 11.3 Å². The summed E-state index contributed by atoms with van der Waals surface area (Å²) < 4.78 is 12.6. The van der Waals surface area contributed by atoms with Gasteiger partial charge in [0.25, 0.3) is 11.5 Å². The number of aryl methyl sites for hydroxylation is 1. The van der Waals surface area contributed by atoms with Crippen LogP contribution in [0.1, 0.15) is 55.1 Å². The molecule has 0 radical (unpaired) electrons. The highest BCUT2D eigenvalue weighted by atomic mass is 16.5. The third-order valence-electron chi connectivity index (χ3n) is 7.13. The van der Waals surface area contributed by atoms with E-state index in [9.17, 15) is 9.59 Å². The number of benzene rings is 2. The first-order valence-electron chi connectivity index (χ1n) is 13.6. The molecule has 1 amide bonds. The fourth-order valence-electron chi connectivity index (χ4n) is 4.75. The van der Waals surface area contributed by atoms with Crippen molar-refractivity contribution in [2.75, 3.05) is 10.2 Å². The van der Waals surface area contributed by atoms with Crippen molar-refractivity contribution in [2.45, 2.75) is 46.0 Å². The molecule has 41 heavy (non-hydrogen) atoms. The lowest BCUT2D eigenvalue weighted by Crippen LogP contribution is -2.33. The quantitative estimate of drug-likeness (QED) is 0.369. The van der Waals surface area contributed by atoms with Crippen LogP contribution in [0, 0.1) is 6.92 Å². The third-order valence-corrected chi connectivity index (χ3v) is 7.13. The van der Waals surface area contributed by atoms with Crippen LogP contribution >= 0.6 is 0 Å². The molecular weight excluding hydrogens is 516 g/mol. The summed E-state index contributed by atoms with van der Waals surface area (Å²) in [6.45, 7) is 8.35. The van der Waals surface area contributed by atoms with Gasteiger partial charge in [-0.3, -0.25) is 14.5 Å². The highest BCUT2D eigenvalue weighted by Crippen LogP contribution is 2.32. The second kappa shape index (κ2) is 11.3. The lowest BCUT2D eigenvalue weighted by atomic mass is 9.86. The third kappa shape index (κ3) is 5.87. The minimum atomic E-state index is -0.288. The monoisotopic (exact) mass is 550 g/mol. The molecule has 1 N–H and O–H groups in total. The van der Waals surface area contributed by atoms with Crippen molar-refractivity contribution >= 4 is 17.4 Å². The van der Waals surface area contributed by atoms with Gasteiger partial charge in [0.15, 0.2) is 6.26 Å². The van der Waals surface area contributed by atoms with Crippen molar-refractivity contribution in [3.05, 3.63) is 124 Å². The van der Waals surface area contributed by atoms with Crippen LogP contribution in [-0.4, -0.2) is 15.5 Å². The number of carbonyl (C=O) groups is 1. The first-order valence-corrected chi connectivity index (χ1v) is 13.6. The molecule has 1 aliphatic carbocycles. The molecule has 210 valence electrons. The molecule has 3 aromatic rings. The normalized spacial score (nSPS) is 14.5. The van der Waals surface area contributed by atoms with E-state index in [2.05, 4.69) is 32.2 Å². The number of rotatable bonds is 6. The summed E-state index contributed by atoms with van der Waals surface area (Å²) in [5, 5.41) is 3.05. The van der Waals surface area contributed by atoms with Crippen LogP contribution in [0.4, 0.5) is 11.5 Å². The van der Waals surface area contributed by atoms with Crippen LogP contribution in [0.2, 0.25) is 0 Å². The van der Waals surface area contributed by atoms with Crippen LogP contribution in [0.25, 0.3) is 11.3 Å². The molecule has 8 nitrogen and oxygen atoms in total. The Kier molecular flexibility index (Phi) is 7.66. The Morgan fingerprint density at radius 3 is 2.54 bits per heavy atom. The van der Waals surface area contributed by atoms with Gasteiger partial charge < -0.3 is 19.4 Å². The van der Waals surface area contributed by atoms with E-state index in [0.29, 0.717) is 29.2 Å². The summed E-state index contributed by atoms with van der Waals surface area (Å²) in [7, 11) is 1.69. The summed E-state index contributed by atoms with van der Waals surface area (Å²) in [6.07, 6.45) is 13.5. The maximum atomic E-state index is 13.4. The van der Waals surface area contributed by atoms with Crippen LogP contribution in [0.5, 0.6) is 0 Å². The topological polar surface area (TPSA) is 85.7 Å². The standard InChI is InChI=1S/C33H34N4O4/c1-22-26(12-9-13-27(22)35-31(38)23-14-16-24(17-15-23)33(2,3)4)28-20-36(5)32(39)30(34-28)37(25-10-7-6-8-11-25)29-21-40-18-19-41-29/h6-7,9-10,12-21H,8,11H2,1-5H3,(H,35,38). The van der Waals surface area contributed by atoms with Crippen molar-refractivity contribution in [3.63, 3.8) is 0 Å². The van der Waals surface area contributed by atoms with Gasteiger partial charge in [0.1, 0.15) is 12.5 Å². The van der Waals surface area contributed by atoms with Crippen LogP contribution in [0.3, 0.4) is 0 Å². The Hall–Kier alpha value is -4.85. The van der Waals surface area contributed by atoms with Gasteiger partial charge in [-0.1, -0.05) is 57.2 Å². The Bertz CT molecular complexity index is 1650. The predicted octanol–water partition coefficient (Wildman–Crippen LogP) is 6.66. The summed E-state index contributed by atoms with van der Waals surface area (Å²) in [4.78, 5) is 33.1. The fourth-order valence-corrected chi connectivity index (χ4v) is 4.75. The van der Waals surface area contributed by atoms with Gasteiger partial charge in [-0.15, -0.1) is 0 Å². The number of hydrogen-bond acceptors (Lipinski definition) is 6. The highest BCUT2D eigenvalue weighted by Gasteiger charge is 2.26. The smallest absolute Gasteiger partial charge is 0.294 e. The van der Waals surface area contributed by atoms with Gasteiger partial charge in [-0.25, -0.2) is 4.98 Å². The zero-order valence-corrected chi connectivity index (χ0v) is 24.0. The molecule has 0 fully saturated rings. The zero-order chi connectivity index (χ0) is 29.1. The molecule has 0 unspecified atom stereocenters. The van der Waals surface area contributed by atoms with E-state index >= 15 is 0 Å². The maximum Gasteiger partial charge on any atom is 0.294 e. The van der Waals surface area contributed by atoms with Crippen LogP contribution in [-0.2, 0) is 21.9 Å². The van der Waals surface area contributed by atoms with Crippen LogP contribution < -0.4 is 15.8 Å². The van der Waals surface area contributed by atoms with E-state index in [1.165, 1.54) is 23.4 Å². The summed E-state index contributed by atoms with van der Waals surface area (Å²) in [6, 6.07) is 13.3. The van der Waals surface area contributed by atoms with Gasteiger partial charge in [0.2, 0.25) is 11.7 Å². The molecule has 1 aliphatic heterocycles. The van der Waals surface area contributed by atoms with E-state index < -0.39 is 0 Å². The number of carbonyl (C=O) groups excluding carboxylic acids is 1. The lowest BCUT2D eigenvalue weighted by molar-refractivity contribution is 0.102. The van der Waals surface area contributed by atoms with Gasteiger partial charge in [0, 0.05) is 35.8 Å². The predicted molar refractivity (Wildman–Crippen MR) is 161 cm³/mol. The number of hydrogen-bond donors (Lipinski definition) is 1. The van der Waals surface area contributed by atoms with Crippen molar-refractivity contribution in [1.82, 2.24) is 9.55 Å². The number of nitrogens with one attached hydrogen (secondary N) is 1. The van der Waals surface area contributed by atoms with Crippen molar-refractivity contribution < 1.29 is 14.3 Å². The average Bonchev–Trinajstić information content (AvgIpc) is 2.97. The average molecular weight is 551 g/mol. The van der Waals surface area contributed by atoms with Gasteiger partial charge in [0.05, 0.1) is 5.69 Å². The summed E-state index contributed by atoms with van der Waals surface area (Å²) in [5.41, 5.74) is 5.17. The SMILES string of the molecule is Cc1c(NC(=O)c2ccc(C(C)(C)C)cc2)cccc1-c1cn(C)c(=O)c(N(C2=CC=CCC2)C2=COC=CO2)n1. The summed E-state index contributed by atoms with van der Waals surface area (Å²) >= 11 is 0. The molecule has 1 aromatic heterocycles. The Morgan fingerprint density at radius 1 is 1.10 bits per heavy atom. The number of amides is 1. The largest absolute Gasteiger partial charge is 0.464 e. The summed E-state index contributed by atoms with van der Waals surface area (Å²) in [5.74, 6) is 0.327.